The van der Waals surface area contributed by atoms with Crippen molar-refractivity contribution in [2.75, 3.05) is 0 Å². The first kappa shape index (κ1) is 32.3. The third-order valence-corrected chi connectivity index (χ3v) is 5.31. The van der Waals surface area contributed by atoms with Crippen LogP contribution in [0.2, 0.25) is 0 Å². The van der Waals surface area contributed by atoms with Crippen LogP contribution in [0, 0.1) is 0 Å². The van der Waals surface area contributed by atoms with Crippen LogP contribution in [0.1, 0.15) is 37.7 Å². The number of amides is 4. The van der Waals surface area contributed by atoms with E-state index in [0.29, 0.717) is 5.56 Å². The van der Waals surface area contributed by atoms with Gasteiger partial charge in [-0.25, -0.2) is 4.79 Å². The summed E-state index contributed by atoms with van der Waals surface area (Å²) in [6.45, 7) is 0. The third kappa shape index (κ3) is 12.4. The first-order valence-corrected chi connectivity index (χ1v) is 11.6. The van der Waals surface area contributed by atoms with Crippen LogP contribution < -0.4 is 27.4 Å². The maximum atomic E-state index is 13.0. The number of nitrogens with two attached hydrogens (primary N) is 2. The van der Waals surface area contributed by atoms with E-state index in [4.69, 9.17) is 26.8 Å². The summed E-state index contributed by atoms with van der Waals surface area (Å²) in [6.07, 6.45) is -2.80. The molecule has 0 aromatic heterocycles. The number of primary amides is 1. The number of nitrogens with one attached hydrogen (secondary N) is 3. The number of carboxylic acid groups (broad SMARTS) is 3. The van der Waals surface area contributed by atoms with Crippen LogP contribution in [0.5, 0.6) is 5.75 Å². The second-order valence-corrected chi connectivity index (χ2v) is 8.53. The number of benzene rings is 1. The molecule has 39 heavy (non-hydrogen) atoms. The topological polar surface area (TPSA) is 289 Å². The molecule has 0 saturated carbocycles. The van der Waals surface area contributed by atoms with E-state index >= 15 is 0 Å². The summed E-state index contributed by atoms with van der Waals surface area (Å²) in [7, 11) is 0. The first-order valence-electron chi connectivity index (χ1n) is 11.6. The SMILES string of the molecule is NC(=O)CCC(NC(=O)C(N)Cc1ccc(O)cc1)C(=O)NC(CCC(=O)O)C(=O)NC(CC(=O)O)C(=O)O. The van der Waals surface area contributed by atoms with Crippen LogP contribution in [0.25, 0.3) is 0 Å². The molecule has 1 aromatic carbocycles. The molecule has 0 fully saturated rings. The highest BCUT2D eigenvalue weighted by atomic mass is 16.4. The Balaban J connectivity index is 3.04. The van der Waals surface area contributed by atoms with Gasteiger partial charge < -0.3 is 47.8 Å². The lowest BCUT2D eigenvalue weighted by Gasteiger charge is -2.24. The number of aromatic hydroxyl groups is 1. The van der Waals surface area contributed by atoms with Crippen molar-refractivity contribution in [3.63, 3.8) is 0 Å². The van der Waals surface area contributed by atoms with Crippen LogP contribution in [-0.2, 0) is 40.0 Å². The van der Waals surface area contributed by atoms with Crippen molar-refractivity contribution in [1.29, 1.82) is 0 Å². The highest BCUT2D eigenvalue weighted by Crippen LogP contribution is 2.11. The molecule has 16 nitrogen and oxygen atoms in total. The van der Waals surface area contributed by atoms with Crippen LogP contribution in [0.4, 0.5) is 0 Å². The van der Waals surface area contributed by atoms with Gasteiger partial charge in [0, 0.05) is 12.8 Å². The van der Waals surface area contributed by atoms with Crippen molar-refractivity contribution in [1.82, 2.24) is 16.0 Å². The zero-order valence-corrected chi connectivity index (χ0v) is 20.7. The normalized spacial score (nSPS) is 13.7. The molecule has 1 rings (SSSR count). The standard InChI is InChI=1S/C23H31N5O11/c24-13(9-11-1-3-12(29)4-2-11)20(35)26-14(5-7-17(25)30)21(36)27-15(6-8-18(31)32)22(37)28-16(23(38)39)10-19(33)34/h1-4,13-16,29H,5-10,24H2,(H2,25,30)(H,26,35)(H,27,36)(H,28,37)(H,31,32)(H,33,34)(H,38,39). The average molecular weight is 554 g/mol. The lowest BCUT2D eigenvalue weighted by atomic mass is 10.0. The number of hydrogen-bond acceptors (Lipinski definition) is 9. The number of carbonyl (C=O) groups excluding carboxylic acids is 4. The molecule has 11 N–H and O–H groups in total. The van der Waals surface area contributed by atoms with E-state index in [9.17, 15) is 38.7 Å². The average Bonchev–Trinajstić information content (AvgIpc) is 2.84. The van der Waals surface area contributed by atoms with Crippen LogP contribution in [0.3, 0.4) is 0 Å². The Hall–Kier alpha value is -4.73. The molecule has 1 aromatic rings. The Morgan fingerprint density at radius 3 is 1.67 bits per heavy atom. The van der Waals surface area contributed by atoms with Gasteiger partial charge in [0.05, 0.1) is 12.5 Å². The maximum absolute atomic E-state index is 13.0. The van der Waals surface area contributed by atoms with Crippen LogP contribution in [-0.4, -0.2) is 86.1 Å². The summed E-state index contributed by atoms with van der Waals surface area (Å²) in [5.41, 5.74) is 11.6. The molecule has 16 heteroatoms. The molecular formula is C23H31N5O11. The highest BCUT2D eigenvalue weighted by Gasteiger charge is 2.31. The summed E-state index contributed by atoms with van der Waals surface area (Å²) in [5, 5.41) is 42.8. The van der Waals surface area contributed by atoms with E-state index in [1.807, 2.05) is 5.32 Å². The summed E-state index contributed by atoms with van der Waals surface area (Å²) >= 11 is 0. The molecular weight excluding hydrogens is 522 g/mol. The second kappa shape index (κ2) is 15.5. The molecule has 214 valence electrons. The number of carbonyl (C=O) groups is 7. The predicted octanol–water partition coefficient (Wildman–Crippen LogP) is -2.59. The van der Waals surface area contributed by atoms with Crippen LogP contribution >= 0.6 is 0 Å². The zero-order valence-electron chi connectivity index (χ0n) is 20.7. The van der Waals surface area contributed by atoms with E-state index in [1.54, 1.807) is 0 Å². The lowest BCUT2D eigenvalue weighted by molar-refractivity contribution is -0.147. The lowest BCUT2D eigenvalue weighted by Crippen LogP contribution is -2.57. The van der Waals surface area contributed by atoms with E-state index in [2.05, 4.69) is 10.6 Å². The monoisotopic (exact) mass is 553 g/mol. The highest BCUT2D eigenvalue weighted by molar-refractivity contribution is 5.95. The fourth-order valence-electron chi connectivity index (χ4n) is 3.27. The van der Waals surface area contributed by atoms with E-state index in [1.165, 1.54) is 24.3 Å². The minimum atomic E-state index is -1.87. The smallest absolute Gasteiger partial charge is 0.326 e. The number of hydrogen-bond donors (Lipinski definition) is 9. The van der Waals surface area contributed by atoms with Crippen molar-refractivity contribution >= 4 is 41.5 Å². The zero-order chi connectivity index (χ0) is 29.7. The fourth-order valence-corrected chi connectivity index (χ4v) is 3.27. The van der Waals surface area contributed by atoms with Crippen molar-refractivity contribution in [2.24, 2.45) is 11.5 Å². The number of rotatable bonds is 17. The summed E-state index contributed by atoms with van der Waals surface area (Å²) in [4.78, 5) is 82.8. The molecule has 4 atom stereocenters. The van der Waals surface area contributed by atoms with Crippen molar-refractivity contribution in [3.05, 3.63) is 29.8 Å². The molecule has 0 aliphatic carbocycles. The first-order chi connectivity index (χ1) is 18.2. The number of carboxylic acids is 3. The Bertz CT molecular complexity index is 1080. The molecule has 0 saturated heterocycles. The predicted molar refractivity (Wildman–Crippen MR) is 131 cm³/mol. The summed E-state index contributed by atoms with van der Waals surface area (Å²) in [5.74, 6) is -8.39. The fraction of sp³-hybridized carbons (Fsp3) is 0.435. The van der Waals surface area contributed by atoms with Crippen LogP contribution in [0.15, 0.2) is 24.3 Å². The molecule has 0 spiro atoms. The molecule has 4 amide bonds. The van der Waals surface area contributed by atoms with Gasteiger partial charge in [-0.05, 0) is 37.0 Å². The number of phenolic OH excluding ortho intramolecular Hbond substituents is 1. The van der Waals surface area contributed by atoms with Gasteiger partial charge in [-0.2, -0.15) is 0 Å². The minimum Gasteiger partial charge on any atom is -0.508 e. The Kier molecular flexibility index (Phi) is 12.8. The summed E-state index contributed by atoms with van der Waals surface area (Å²) in [6, 6.07) is -0.305. The van der Waals surface area contributed by atoms with E-state index < -0.39 is 85.0 Å². The Morgan fingerprint density at radius 1 is 0.718 bits per heavy atom. The van der Waals surface area contributed by atoms with Gasteiger partial charge in [-0.1, -0.05) is 12.1 Å². The minimum absolute atomic E-state index is 0.000848. The molecule has 0 heterocycles. The molecule has 4 unspecified atom stereocenters. The molecule has 0 radical (unpaired) electrons. The molecule has 0 aliphatic rings. The van der Waals surface area contributed by atoms with Crippen molar-refractivity contribution < 1.29 is 54.0 Å². The van der Waals surface area contributed by atoms with Gasteiger partial charge in [-0.3, -0.25) is 28.8 Å². The molecule has 0 aliphatic heterocycles. The van der Waals surface area contributed by atoms with E-state index in [-0.39, 0.29) is 25.0 Å². The number of aliphatic carboxylic acids is 3. The second-order valence-electron chi connectivity index (χ2n) is 8.53. The third-order valence-electron chi connectivity index (χ3n) is 5.31. The van der Waals surface area contributed by atoms with Crippen molar-refractivity contribution in [3.8, 4) is 5.75 Å². The van der Waals surface area contributed by atoms with Gasteiger partial charge >= 0.3 is 17.9 Å². The van der Waals surface area contributed by atoms with Gasteiger partial charge in [-0.15, -0.1) is 0 Å². The Labute approximate surface area is 221 Å². The number of phenols is 1. The van der Waals surface area contributed by atoms with Crippen molar-refractivity contribution in [2.45, 2.75) is 62.7 Å². The quantitative estimate of drug-likeness (QED) is 0.0960. The van der Waals surface area contributed by atoms with Gasteiger partial charge in [0.25, 0.3) is 0 Å². The van der Waals surface area contributed by atoms with Gasteiger partial charge in [0.15, 0.2) is 0 Å². The van der Waals surface area contributed by atoms with Gasteiger partial charge in [0.1, 0.15) is 23.9 Å². The largest absolute Gasteiger partial charge is 0.508 e. The molecule has 0 bridgehead atoms. The maximum Gasteiger partial charge on any atom is 0.326 e. The van der Waals surface area contributed by atoms with E-state index in [0.717, 1.165) is 0 Å². The summed E-state index contributed by atoms with van der Waals surface area (Å²) < 4.78 is 0. The Morgan fingerprint density at radius 2 is 1.21 bits per heavy atom. The van der Waals surface area contributed by atoms with Gasteiger partial charge in [0.2, 0.25) is 23.6 Å².